The summed E-state index contributed by atoms with van der Waals surface area (Å²) < 4.78 is 4.93. The summed E-state index contributed by atoms with van der Waals surface area (Å²) in [5.74, 6) is -0.889. The topological polar surface area (TPSA) is 79.2 Å². The minimum atomic E-state index is -0.885. The lowest BCUT2D eigenvalue weighted by molar-refractivity contribution is -0.142. The van der Waals surface area contributed by atoms with Crippen molar-refractivity contribution in [2.45, 2.75) is 12.5 Å². The fraction of sp³-hybridized carbons (Fsp3) is 0.115. The molecule has 0 aliphatic carbocycles. The zero-order chi connectivity index (χ0) is 21.8. The highest BCUT2D eigenvalue weighted by molar-refractivity contribution is 6.18. The summed E-state index contributed by atoms with van der Waals surface area (Å²) in [7, 11) is 1.29. The van der Waals surface area contributed by atoms with Crippen molar-refractivity contribution in [3.63, 3.8) is 0 Å². The fourth-order valence-corrected chi connectivity index (χ4v) is 3.83. The monoisotopic (exact) mass is 408 g/mol. The molecule has 0 bridgehead atoms. The molecule has 4 rings (SSSR count). The third-order valence-corrected chi connectivity index (χ3v) is 5.29. The van der Waals surface area contributed by atoms with Crippen LogP contribution in [-0.2, 0) is 16.0 Å². The minimum absolute atomic E-state index is 0.219. The van der Waals surface area contributed by atoms with Crippen LogP contribution in [0.25, 0.3) is 21.5 Å². The molecule has 152 valence electrons. The number of esters is 1. The van der Waals surface area contributed by atoms with Gasteiger partial charge in [0.05, 0.1) is 24.3 Å². The van der Waals surface area contributed by atoms with Crippen LogP contribution in [0.3, 0.4) is 0 Å². The molecule has 4 aromatic rings. The van der Waals surface area contributed by atoms with Gasteiger partial charge in [-0.3, -0.25) is 4.79 Å². The van der Waals surface area contributed by atoms with Crippen molar-refractivity contribution in [2.24, 2.45) is 0 Å². The molecule has 1 N–H and O–H groups in total. The number of carbonyl (C=O) groups is 2. The van der Waals surface area contributed by atoms with Crippen LogP contribution < -0.4 is 5.32 Å². The van der Waals surface area contributed by atoms with Gasteiger partial charge < -0.3 is 10.1 Å². The molecule has 0 radical (unpaired) electrons. The Morgan fingerprint density at radius 3 is 2.19 bits per heavy atom. The van der Waals surface area contributed by atoms with Crippen LogP contribution >= 0.6 is 0 Å². The van der Waals surface area contributed by atoms with E-state index in [0.717, 1.165) is 27.1 Å². The Morgan fingerprint density at radius 1 is 0.935 bits per heavy atom. The Bertz CT molecular complexity index is 1280. The number of benzene rings is 4. The normalized spacial score (nSPS) is 11.6. The molecule has 0 saturated heterocycles. The van der Waals surface area contributed by atoms with Crippen LogP contribution in [0.1, 0.15) is 21.5 Å². The third-order valence-electron chi connectivity index (χ3n) is 5.29. The number of ether oxygens (including phenoxy) is 1. The van der Waals surface area contributed by atoms with Gasteiger partial charge in [-0.25, -0.2) is 4.79 Å². The van der Waals surface area contributed by atoms with Crippen molar-refractivity contribution >= 4 is 33.4 Å². The number of rotatable bonds is 5. The molecule has 0 saturated carbocycles. The first kappa shape index (κ1) is 20.1. The first-order valence-corrected chi connectivity index (χ1v) is 9.89. The standard InChI is InChI=1S/C26H20N2O3/c1-31-26(30)23(14-17-7-6-8-18(13-17)16-27)28-25(29)24-21-11-4-2-9-19(21)15-20-10-3-5-12-22(20)24/h2-13,15,23H,14H2,1H3,(H,28,29)/t23-/m1/s1. The number of methoxy groups -OCH3 is 1. The molecule has 0 heterocycles. The summed E-state index contributed by atoms with van der Waals surface area (Å²) in [6, 6.07) is 25.6. The summed E-state index contributed by atoms with van der Waals surface area (Å²) in [6.07, 6.45) is 0.219. The van der Waals surface area contributed by atoms with Gasteiger partial charge in [0.2, 0.25) is 0 Å². The van der Waals surface area contributed by atoms with Crippen molar-refractivity contribution in [3.8, 4) is 6.07 Å². The lowest BCUT2D eigenvalue weighted by atomic mass is 9.95. The zero-order valence-corrected chi connectivity index (χ0v) is 17.0. The molecule has 0 aromatic heterocycles. The first-order chi connectivity index (χ1) is 15.1. The summed E-state index contributed by atoms with van der Waals surface area (Å²) in [5, 5.41) is 15.5. The quantitative estimate of drug-likeness (QED) is 0.393. The smallest absolute Gasteiger partial charge is 0.328 e. The van der Waals surface area contributed by atoms with E-state index < -0.39 is 12.0 Å². The lowest BCUT2D eigenvalue weighted by Crippen LogP contribution is -2.43. The Balaban J connectivity index is 1.74. The highest BCUT2D eigenvalue weighted by Crippen LogP contribution is 2.28. The Morgan fingerprint density at radius 2 is 1.58 bits per heavy atom. The van der Waals surface area contributed by atoms with Crippen LogP contribution in [0.4, 0.5) is 0 Å². The Hall–Kier alpha value is -4.17. The molecule has 1 atom stereocenters. The zero-order valence-electron chi connectivity index (χ0n) is 17.0. The average molecular weight is 408 g/mol. The number of hydrogen-bond donors (Lipinski definition) is 1. The number of amides is 1. The van der Waals surface area contributed by atoms with E-state index in [1.165, 1.54) is 7.11 Å². The van der Waals surface area contributed by atoms with Crippen LogP contribution in [-0.4, -0.2) is 25.0 Å². The van der Waals surface area contributed by atoms with Gasteiger partial charge in [0, 0.05) is 6.42 Å². The maximum absolute atomic E-state index is 13.4. The highest BCUT2D eigenvalue weighted by atomic mass is 16.5. The molecule has 4 aromatic carbocycles. The van der Waals surface area contributed by atoms with Gasteiger partial charge in [-0.15, -0.1) is 0 Å². The van der Waals surface area contributed by atoms with Crippen molar-refractivity contribution < 1.29 is 14.3 Å². The molecular formula is C26H20N2O3. The van der Waals surface area contributed by atoms with E-state index in [1.54, 1.807) is 18.2 Å². The number of nitrogens with zero attached hydrogens (tertiary/aromatic N) is 1. The van der Waals surface area contributed by atoms with E-state index in [0.29, 0.717) is 11.1 Å². The lowest BCUT2D eigenvalue weighted by Gasteiger charge is -2.18. The SMILES string of the molecule is COC(=O)[C@@H](Cc1cccc(C#N)c1)NC(=O)c1c2ccccc2cc2ccccc12. The van der Waals surface area contributed by atoms with Gasteiger partial charge in [0.1, 0.15) is 6.04 Å². The number of hydrogen-bond acceptors (Lipinski definition) is 4. The van der Waals surface area contributed by atoms with Gasteiger partial charge >= 0.3 is 5.97 Å². The Kier molecular flexibility index (Phi) is 5.63. The first-order valence-electron chi connectivity index (χ1n) is 9.89. The summed E-state index contributed by atoms with van der Waals surface area (Å²) in [5.41, 5.74) is 1.78. The molecule has 0 spiro atoms. The predicted molar refractivity (Wildman–Crippen MR) is 120 cm³/mol. The number of fused-ring (bicyclic) bond motifs is 2. The third kappa shape index (κ3) is 4.10. The molecular weight excluding hydrogens is 388 g/mol. The van der Waals surface area contributed by atoms with Gasteiger partial charge in [-0.1, -0.05) is 60.7 Å². The number of nitrogens with one attached hydrogen (secondary N) is 1. The van der Waals surface area contributed by atoms with E-state index in [4.69, 9.17) is 10.00 Å². The molecule has 1 amide bonds. The van der Waals surface area contributed by atoms with Crippen LogP contribution in [0.5, 0.6) is 0 Å². The molecule has 0 aliphatic heterocycles. The number of nitriles is 1. The average Bonchev–Trinajstić information content (AvgIpc) is 2.81. The van der Waals surface area contributed by atoms with Crippen LogP contribution in [0.2, 0.25) is 0 Å². The summed E-state index contributed by atoms with van der Waals surface area (Å²) in [6.45, 7) is 0. The van der Waals surface area contributed by atoms with Crippen LogP contribution in [0.15, 0.2) is 78.9 Å². The second kappa shape index (κ2) is 8.68. The molecule has 5 heteroatoms. The molecule has 0 aliphatic rings. The van der Waals surface area contributed by atoms with Gasteiger partial charge in [-0.05, 0) is 45.3 Å². The highest BCUT2D eigenvalue weighted by Gasteiger charge is 2.24. The largest absolute Gasteiger partial charge is 0.467 e. The second-order valence-corrected chi connectivity index (χ2v) is 7.26. The van der Waals surface area contributed by atoms with E-state index in [2.05, 4.69) is 11.4 Å². The Labute approximate surface area is 179 Å². The maximum Gasteiger partial charge on any atom is 0.328 e. The molecule has 0 fully saturated rings. The van der Waals surface area contributed by atoms with Crippen molar-refractivity contribution in [3.05, 3.63) is 95.6 Å². The van der Waals surface area contributed by atoms with Gasteiger partial charge in [0.25, 0.3) is 5.91 Å². The van der Waals surface area contributed by atoms with Crippen LogP contribution in [0, 0.1) is 11.3 Å². The van der Waals surface area contributed by atoms with E-state index in [1.807, 2.05) is 60.7 Å². The molecule has 5 nitrogen and oxygen atoms in total. The van der Waals surface area contributed by atoms with E-state index in [-0.39, 0.29) is 12.3 Å². The van der Waals surface area contributed by atoms with Gasteiger partial charge in [-0.2, -0.15) is 5.26 Å². The maximum atomic E-state index is 13.4. The number of carbonyl (C=O) groups excluding carboxylic acids is 2. The fourth-order valence-electron chi connectivity index (χ4n) is 3.83. The van der Waals surface area contributed by atoms with Crippen molar-refractivity contribution in [1.29, 1.82) is 5.26 Å². The summed E-state index contributed by atoms with van der Waals surface area (Å²) in [4.78, 5) is 25.9. The van der Waals surface area contributed by atoms with Crippen molar-refractivity contribution in [1.82, 2.24) is 5.32 Å². The predicted octanol–water partition coefficient (Wildman–Crippen LogP) is 4.38. The van der Waals surface area contributed by atoms with E-state index in [9.17, 15) is 9.59 Å². The summed E-state index contributed by atoms with van der Waals surface area (Å²) >= 11 is 0. The minimum Gasteiger partial charge on any atom is -0.467 e. The molecule has 31 heavy (non-hydrogen) atoms. The van der Waals surface area contributed by atoms with Crippen molar-refractivity contribution in [2.75, 3.05) is 7.11 Å². The van der Waals surface area contributed by atoms with Gasteiger partial charge in [0.15, 0.2) is 0 Å². The second-order valence-electron chi connectivity index (χ2n) is 7.26. The molecule has 0 unspecified atom stereocenters. The van der Waals surface area contributed by atoms with E-state index >= 15 is 0 Å².